The molecular formula is C18H15AuCl3. The first kappa shape index (κ1) is 16.1. The van der Waals surface area contributed by atoms with E-state index in [1.165, 1.54) is 0 Å². The Labute approximate surface area is 140 Å². The van der Waals surface area contributed by atoms with Crippen LogP contribution in [0.2, 0.25) is 0 Å². The first-order valence-electron chi connectivity index (χ1n) is 6.53. The van der Waals surface area contributed by atoms with Gasteiger partial charge in [-0.3, -0.25) is 0 Å². The fourth-order valence-electron chi connectivity index (χ4n) is 2.14. The minimum atomic E-state index is -5.30. The summed E-state index contributed by atoms with van der Waals surface area (Å²) in [5.41, 5.74) is 0. The van der Waals surface area contributed by atoms with Gasteiger partial charge in [0, 0.05) is 0 Å². The molecule has 0 aliphatic carbocycles. The van der Waals surface area contributed by atoms with Gasteiger partial charge in [-0.25, -0.2) is 0 Å². The van der Waals surface area contributed by atoms with E-state index in [1.54, 1.807) is 0 Å². The van der Waals surface area contributed by atoms with Crippen LogP contribution >= 0.6 is 27.6 Å². The molecule has 0 saturated carbocycles. The first-order chi connectivity index (χ1) is 10.4. The normalized spacial score (nSPS) is 14.9. The van der Waals surface area contributed by atoms with Crippen molar-refractivity contribution in [3.05, 3.63) is 91.0 Å². The Morgan fingerprint density at radius 3 is 0.864 bits per heavy atom. The summed E-state index contributed by atoms with van der Waals surface area (Å²) in [6.45, 7) is 0. The first-order valence-corrected chi connectivity index (χ1v) is 17.8. The third kappa shape index (κ3) is 2.27. The molecule has 0 aromatic heterocycles. The molecule has 3 rings (SSSR count). The number of hydrogen-bond donors (Lipinski definition) is 0. The second-order valence-corrected chi connectivity index (χ2v) is 31.5. The molecule has 0 heterocycles. The van der Waals surface area contributed by atoms with Crippen molar-refractivity contribution in [3.8, 4) is 0 Å². The van der Waals surface area contributed by atoms with E-state index in [-0.39, 0.29) is 0 Å². The van der Waals surface area contributed by atoms with Crippen LogP contribution in [0.3, 0.4) is 0 Å². The summed E-state index contributed by atoms with van der Waals surface area (Å²) in [6.07, 6.45) is 0. The standard InChI is InChI=1S/3C6H5.Au.3ClH/c3*1-2-4-6-5-3-1;;;;/h3*1-5H;;3*1H/q;;;+3;;;/p-3. The Balaban J connectivity index is 2.49. The number of rotatable bonds is 3. The van der Waals surface area contributed by atoms with Gasteiger partial charge in [-0.15, -0.1) is 0 Å². The molecule has 0 bridgehead atoms. The third-order valence-electron chi connectivity index (χ3n) is 3.24. The third-order valence-corrected chi connectivity index (χ3v) is 23.1. The van der Waals surface area contributed by atoms with Gasteiger partial charge in [0.05, 0.1) is 0 Å². The van der Waals surface area contributed by atoms with E-state index in [0.29, 0.717) is 0 Å². The Morgan fingerprint density at radius 1 is 0.409 bits per heavy atom. The predicted octanol–water partition coefficient (Wildman–Crippen LogP) is 4.65. The second-order valence-electron chi connectivity index (χ2n) is 4.62. The molecule has 22 heavy (non-hydrogen) atoms. The Kier molecular flexibility index (Phi) is 3.77. The van der Waals surface area contributed by atoms with E-state index in [1.807, 2.05) is 91.0 Å². The van der Waals surface area contributed by atoms with Gasteiger partial charge in [0.1, 0.15) is 0 Å². The van der Waals surface area contributed by atoms with Crippen molar-refractivity contribution in [2.75, 3.05) is 0 Å². The zero-order valence-electron chi connectivity index (χ0n) is 11.6. The van der Waals surface area contributed by atoms with Crippen molar-refractivity contribution in [1.29, 1.82) is 0 Å². The van der Waals surface area contributed by atoms with E-state index in [0.717, 1.165) is 11.3 Å². The maximum atomic E-state index is 7.34. The molecule has 0 aliphatic heterocycles. The quantitative estimate of drug-likeness (QED) is 0.430. The number of hydrogen-bond acceptors (Lipinski definition) is 0. The van der Waals surface area contributed by atoms with Crippen molar-refractivity contribution in [2.24, 2.45) is 0 Å². The van der Waals surface area contributed by atoms with Gasteiger partial charge in [0.2, 0.25) is 0 Å². The molecule has 4 heteroatoms. The summed E-state index contributed by atoms with van der Waals surface area (Å²) < 4.78 is 2.28. The molecule has 0 fully saturated rings. The van der Waals surface area contributed by atoms with Crippen molar-refractivity contribution >= 4 is 38.9 Å². The van der Waals surface area contributed by atoms with Crippen LogP contribution < -0.4 is 11.3 Å². The average molecular weight is 535 g/mol. The molecule has 3 aromatic rings. The van der Waals surface area contributed by atoms with E-state index < -0.39 is 11.3 Å². The van der Waals surface area contributed by atoms with Crippen LogP contribution in [0, 0.1) is 0 Å². The van der Waals surface area contributed by atoms with Crippen LogP contribution in [0.1, 0.15) is 0 Å². The topological polar surface area (TPSA) is 0 Å². The molecule has 0 aliphatic rings. The summed E-state index contributed by atoms with van der Waals surface area (Å²) in [7, 11) is 22.0. The van der Waals surface area contributed by atoms with Crippen LogP contribution in [-0.4, -0.2) is 0 Å². The van der Waals surface area contributed by atoms with E-state index in [2.05, 4.69) is 0 Å². The van der Waals surface area contributed by atoms with Gasteiger partial charge >= 0.3 is 141 Å². The molecule has 3 aromatic carbocycles. The number of halogens is 3. The fraction of sp³-hybridized carbons (Fsp3) is 0. The van der Waals surface area contributed by atoms with Gasteiger partial charge in [0.15, 0.2) is 0 Å². The summed E-state index contributed by atoms with van der Waals surface area (Å²) in [6, 6.07) is 28.7. The average Bonchev–Trinajstić information content (AvgIpc) is 2.58. The van der Waals surface area contributed by atoms with Crippen LogP contribution in [0.5, 0.6) is 0 Å². The van der Waals surface area contributed by atoms with E-state index in [4.69, 9.17) is 27.6 Å². The molecule has 0 atom stereocenters. The molecule has 0 spiro atoms. The van der Waals surface area contributed by atoms with Gasteiger partial charge < -0.3 is 0 Å². The Bertz CT molecular complexity index is 682. The second kappa shape index (κ2) is 5.14. The van der Waals surface area contributed by atoms with Crippen molar-refractivity contribution in [1.82, 2.24) is 0 Å². The molecular weight excluding hydrogens is 520 g/mol. The van der Waals surface area contributed by atoms with Gasteiger partial charge in [-0.1, -0.05) is 0 Å². The SMILES string of the molecule is [Cl][Au]([Cl])([Cl])([c]1ccccc1)([c]1ccccc1)[c]1ccccc1. The van der Waals surface area contributed by atoms with Crippen molar-refractivity contribution in [2.45, 2.75) is 0 Å². The summed E-state index contributed by atoms with van der Waals surface area (Å²) in [4.78, 5) is 0. The molecule has 0 N–H and O–H groups in total. The molecule has 0 saturated heterocycles. The van der Waals surface area contributed by atoms with E-state index in [9.17, 15) is 0 Å². The van der Waals surface area contributed by atoms with Crippen LogP contribution in [0.25, 0.3) is 0 Å². The molecule has 119 valence electrons. The zero-order chi connectivity index (χ0) is 15.7. The molecule has 0 radical (unpaired) electrons. The number of benzene rings is 3. The van der Waals surface area contributed by atoms with Crippen LogP contribution in [0.4, 0.5) is 0 Å². The molecule has 0 amide bonds. The zero-order valence-corrected chi connectivity index (χ0v) is 16.0. The predicted molar refractivity (Wildman–Crippen MR) is 95.8 cm³/mol. The van der Waals surface area contributed by atoms with Gasteiger partial charge in [-0.05, 0) is 0 Å². The van der Waals surface area contributed by atoms with Gasteiger partial charge in [-0.2, -0.15) is 0 Å². The molecule has 0 unspecified atom stereocenters. The monoisotopic (exact) mass is 533 g/mol. The van der Waals surface area contributed by atoms with E-state index >= 15 is 0 Å². The summed E-state index contributed by atoms with van der Waals surface area (Å²) in [5, 5.41) is 0. The maximum absolute atomic E-state index is 7.34. The minimum absolute atomic E-state index is 0.759. The Morgan fingerprint density at radius 2 is 0.636 bits per heavy atom. The fourth-order valence-corrected chi connectivity index (χ4v) is 15.8. The van der Waals surface area contributed by atoms with Crippen molar-refractivity contribution < 1.29 is 11.3 Å². The van der Waals surface area contributed by atoms with Crippen LogP contribution in [0.15, 0.2) is 91.0 Å². The molecule has 0 nitrogen and oxygen atoms in total. The summed E-state index contributed by atoms with van der Waals surface area (Å²) in [5.74, 6) is 0. The van der Waals surface area contributed by atoms with Crippen molar-refractivity contribution in [3.63, 3.8) is 0 Å². The Hall–Kier alpha value is -0.730. The van der Waals surface area contributed by atoms with Crippen LogP contribution in [-0.2, 0) is 11.3 Å². The van der Waals surface area contributed by atoms with Gasteiger partial charge in [0.25, 0.3) is 0 Å². The summed E-state index contributed by atoms with van der Waals surface area (Å²) >= 11 is -5.30.